The quantitative estimate of drug-likeness (QED) is 0.0140. The molecule has 4 aliphatic carbocycles. The van der Waals surface area contributed by atoms with Gasteiger partial charge < -0.3 is 53.5 Å². The molecule has 4 aliphatic rings. The Bertz CT molecular complexity index is 2810. The molecule has 2 fully saturated rings. The van der Waals surface area contributed by atoms with Crippen molar-refractivity contribution in [3.05, 3.63) is 93.4 Å². The summed E-state index contributed by atoms with van der Waals surface area (Å²) in [5.41, 5.74) is 6.53. The van der Waals surface area contributed by atoms with Crippen molar-refractivity contribution in [2.75, 3.05) is 74.2 Å². The molecule has 0 radical (unpaired) electrons. The molecule has 6 unspecified atom stereocenters. The number of unbranched alkanes of at least 4 members (excludes halogenated alkanes) is 9. The predicted octanol–water partition coefficient (Wildman–Crippen LogP) is 16.3. The first-order valence-electron chi connectivity index (χ1n) is 37.1. The van der Waals surface area contributed by atoms with Gasteiger partial charge >= 0.3 is 35.8 Å². The molecular formula is C80H128O19. The molecule has 0 aliphatic heterocycles. The van der Waals surface area contributed by atoms with Crippen molar-refractivity contribution in [1.29, 1.82) is 0 Å². The fourth-order valence-electron chi connectivity index (χ4n) is 15.2. The first-order valence-corrected chi connectivity index (χ1v) is 37.1. The second-order valence-electron chi connectivity index (χ2n) is 28.7. The van der Waals surface area contributed by atoms with Gasteiger partial charge in [0, 0.05) is 64.8 Å². The third kappa shape index (κ3) is 26.8. The number of carbonyl (C=O) groups excluding carboxylic acids is 6. The summed E-state index contributed by atoms with van der Waals surface area (Å²) < 4.78 is 31.8. The molecule has 0 spiro atoms. The monoisotopic (exact) mass is 1390 g/mol. The van der Waals surface area contributed by atoms with E-state index in [-0.39, 0.29) is 117 Å². The Balaban J connectivity index is 0.000000423. The largest absolute Gasteiger partial charge is 0.469 e. The van der Waals surface area contributed by atoms with Crippen LogP contribution in [0.2, 0.25) is 0 Å². The molecule has 0 heterocycles. The van der Waals surface area contributed by atoms with Gasteiger partial charge in [-0.1, -0.05) is 132 Å². The molecule has 6 rings (SSSR count). The molecule has 6 atom stereocenters. The summed E-state index contributed by atoms with van der Waals surface area (Å²) in [7, 11) is 4.37. The van der Waals surface area contributed by atoms with E-state index in [2.05, 4.69) is 96.4 Å². The molecule has 0 saturated heterocycles. The Morgan fingerprint density at radius 1 is 0.485 bits per heavy atom. The number of rotatable bonds is 39. The molecule has 2 aromatic rings. The van der Waals surface area contributed by atoms with Crippen LogP contribution < -0.4 is 0 Å². The lowest BCUT2D eigenvalue weighted by molar-refractivity contribution is -0.264. The van der Waals surface area contributed by atoms with Gasteiger partial charge in [0.25, 0.3) is 0 Å². The van der Waals surface area contributed by atoms with E-state index in [1.807, 2.05) is 13.0 Å². The summed E-state index contributed by atoms with van der Waals surface area (Å²) >= 11 is 0. The van der Waals surface area contributed by atoms with Crippen LogP contribution in [0.15, 0.2) is 48.9 Å². The van der Waals surface area contributed by atoms with Gasteiger partial charge in [-0.15, -0.1) is 0 Å². The lowest BCUT2D eigenvalue weighted by atomic mass is 9.49. The van der Waals surface area contributed by atoms with Crippen LogP contribution in [0.1, 0.15) is 309 Å². The number of hydrogen-bond acceptors (Lipinski definition) is 19. The molecule has 3 N–H and O–H groups in total. The van der Waals surface area contributed by atoms with E-state index >= 15 is 0 Å². The topological polar surface area (TPSA) is 255 Å². The molecule has 19 nitrogen and oxygen atoms in total. The second kappa shape index (κ2) is 45.9. The van der Waals surface area contributed by atoms with Gasteiger partial charge in [-0.2, -0.15) is 9.78 Å². The number of fused-ring (bicyclic) bond motifs is 6. The van der Waals surface area contributed by atoms with E-state index in [0.717, 1.165) is 164 Å². The smallest absolute Gasteiger partial charge is 0.338 e. The van der Waals surface area contributed by atoms with E-state index in [0.29, 0.717) is 67.8 Å². The first kappa shape index (κ1) is 87.4. The zero-order chi connectivity index (χ0) is 73.6. The SMILES string of the molecule is C=C(CCCCCCCC(=O)OC)OOC.C=C(CCCCCCCC(=O)OCCCC)OOCCCOC(=O)c1cc2c(cc1C(C)C)CCC1C(C)(C(=O)OC)CCCC21C.CC(C)c1cc2c(cc1C(=O)OCCCO)C1(C)CCCC(C)(C(=O)OCCCO)C1CC2.CCO. The lowest BCUT2D eigenvalue weighted by Gasteiger charge is -2.54. The summed E-state index contributed by atoms with van der Waals surface area (Å²) in [6, 6.07) is 8.47. The van der Waals surface area contributed by atoms with Crippen LogP contribution in [0.5, 0.6) is 0 Å². The minimum atomic E-state index is -0.585. The first-order chi connectivity index (χ1) is 47.3. The van der Waals surface area contributed by atoms with E-state index < -0.39 is 10.8 Å². The molecule has 99 heavy (non-hydrogen) atoms. The second-order valence-corrected chi connectivity index (χ2v) is 28.7. The average molecular weight is 1390 g/mol. The van der Waals surface area contributed by atoms with Gasteiger partial charge in [0.05, 0.1) is 76.3 Å². The Kier molecular flexibility index (Phi) is 40.5. The Hall–Kier alpha value is -5.86. The summed E-state index contributed by atoms with van der Waals surface area (Å²) in [5.74, 6) is 0.680. The molecular weight excluding hydrogens is 1260 g/mol. The molecule has 0 amide bonds. The van der Waals surface area contributed by atoms with Crippen LogP contribution in [0.3, 0.4) is 0 Å². The van der Waals surface area contributed by atoms with Gasteiger partial charge in [0.15, 0.2) is 0 Å². The van der Waals surface area contributed by atoms with Crippen molar-refractivity contribution in [3.63, 3.8) is 0 Å². The average Bonchev–Trinajstić information content (AvgIpc) is 0.728. The normalized spacial score (nSPS) is 20.9. The number of esters is 6. The number of aliphatic hydroxyl groups is 3. The van der Waals surface area contributed by atoms with Crippen molar-refractivity contribution >= 4 is 35.8 Å². The minimum Gasteiger partial charge on any atom is -0.469 e. The summed E-state index contributed by atoms with van der Waals surface area (Å²) in [5, 5.41) is 25.7. The highest BCUT2D eigenvalue weighted by atomic mass is 17.2. The number of hydrogen-bond donors (Lipinski definition) is 3. The molecule has 0 bridgehead atoms. The number of ether oxygens (including phenoxy) is 6. The van der Waals surface area contributed by atoms with Crippen LogP contribution >= 0.6 is 0 Å². The molecule has 19 heteroatoms. The predicted molar refractivity (Wildman–Crippen MR) is 384 cm³/mol. The third-order valence-corrected chi connectivity index (χ3v) is 20.6. The van der Waals surface area contributed by atoms with E-state index in [1.54, 1.807) is 6.92 Å². The van der Waals surface area contributed by atoms with Gasteiger partial charge in [0.2, 0.25) is 0 Å². The highest BCUT2D eigenvalue weighted by molar-refractivity contribution is 5.93. The van der Waals surface area contributed by atoms with E-state index in [1.165, 1.54) is 38.0 Å². The Labute approximate surface area is 593 Å². The van der Waals surface area contributed by atoms with Crippen LogP contribution in [0.4, 0.5) is 0 Å². The van der Waals surface area contributed by atoms with Gasteiger partial charge in [-0.3, -0.25) is 19.2 Å². The van der Waals surface area contributed by atoms with Gasteiger partial charge in [0.1, 0.15) is 11.5 Å². The number of aryl methyl sites for hydroxylation is 2. The van der Waals surface area contributed by atoms with Crippen LogP contribution in [0.25, 0.3) is 0 Å². The number of benzene rings is 2. The van der Waals surface area contributed by atoms with Crippen molar-refractivity contribution < 1.29 is 92.1 Å². The van der Waals surface area contributed by atoms with Crippen molar-refractivity contribution in [1.82, 2.24) is 0 Å². The van der Waals surface area contributed by atoms with Gasteiger partial charge in [-0.05, 0) is 184 Å². The fraction of sp³-hybridized carbons (Fsp3) is 0.725. The zero-order valence-corrected chi connectivity index (χ0v) is 63.1. The lowest BCUT2D eigenvalue weighted by Crippen LogP contribution is -2.53. The Morgan fingerprint density at radius 2 is 0.899 bits per heavy atom. The maximum atomic E-state index is 13.4. The molecule has 562 valence electrons. The highest BCUT2D eigenvalue weighted by Crippen LogP contribution is 2.60. The maximum absolute atomic E-state index is 13.4. The van der Waals surface area contributed by atoms with E-state index in [9.17, 15) is 28.8 Å². The molecule has 2 aromatic carbocycles. The van der Waals surface area contributed by atoms with Crippen LogP contribution in [-0.2, 0) is 90.8 Å². The van der Waals surface area contributed by atoms with E-state index in [4.69, 9.17) is 53.7 Å². The maximum Gasteiger partial charge on any atom is 0.338 e. The van der Waals surface area contributed by atoms with Crippen molar-refractivity contribution in [2.45, 2.75) is 278 Å². The van der Waals surface area contributed by atoms with Crippen molar-refractivity contribution in [3.8, 4) is 0 Å². The Morgan fingerprint density at radius 3 is 1.33 bits per heavy atom. The number of aliphatic hydroxyl groups excluding tert-OH is 3. The van der Waals surface area contributed by atoms with Crippen LogP contribution in [0, 0.1) is 22.7 Å². The molecule has 2 saturated carbocycles. The summed E-state index contributed by atoms with van der Waals surface area (Å²) in [4.78, 5) is 94.9. The molecule has 0 aromatic heterocycles. The number of carbonyl (C=O) groups is 6. The summed E-state index contributed by atoms with van der Waals surface area (Å²) in [6.07, 6.45) is 25.0. The highest BCUT2D eigenvalue weighted by Gasteiger charge is 2.57. The van der Waals surface area contributed by atoms with Gasteiger partial charge in [-0.25, -0.2) is 9.59 Å². The van der Waals surface area contributed by atoms with Crippen LogP contribution in [-0.4, -0.2) is 125 Å². The summed E-state index contributed by atoms with van der Waals surface area (Å²) in [6.45, 7) is 30.1. The standard InChI is InChI=1S/C39H60O8.C27H40O6.C12H22O4.C2H6O/c1-8-9-23-44-35(40)18-14-12-10-11-13-17-29(4)47-46-25-16-24-45-36(41)32-27-33-30(26-31(32)28(2)3)19-20-34-38(33,5)21-15-22-39(34,6)37(42)43-7;1-18(2)20-16-19-8-9-23-26(3,22(19)17-21(20)24(30)32-14-6-12-28)10-5-11-27(23,4)25(31)33-15-7-13-29;1-11(16-15-3)9-7-5-4-6-8-10-12(13)14-2;1-2-3/h26-28,34H,4,8-25H2,1-3,5-7H3;16-18,23,28-29H,5-15H2,1-4H3;1,4-10H2,2-3H3;3H,2H2,1H3. The minimum absolute atomic E-state index is 0.00782. The fourth-order valence-corrected chi connectivity index (χ4v) is 15.2. The third-order valence-electron chi connectivity index (χ3n) is 20.6. The number of methoxy groups -OCH3 is 2. The zero-order valence-electron chi connectivity index (χ0n) is 63.1. The van der Waals surface area contributed by atoms with Crippen molar-refractivity contribution in [2.24, 2.45) is 22.7 Å². The number of allylic oxidation sites excluding steroid dienone is 2.